The maximum atomic E-state index is 12.3. The van der Waals surface area contributed by atoms with Gasteiger partial charge in [0, 0.05) is 10.6 Å². The van der Waals surface area contributed by atoms with Gasteiger partial charge in [-0.3, -0.25) is 4.79 Å². The summed E-state index contributed by atoms with van der Waals surface area (Å²) in [6.07, 6.45) is 1.38. The zero-order chi connectivity index (χ0) is 20.6. The minimum atomic E-state index is -1.24. The molecule has 3 rings (SSSR count). The van der Waals surface area contributed by atoms with Crippen molar-refractivity contribution in [3.8, 4) is 5.75 Å². The number of nitrogens with one attached hydrogen (secondary N) is 1. The summed E-state index contributed by atoms with van der Waals surface area (Å²) in [6.45, 7) is 0.324. The smallest absolute Gasteiger partial charge is 0.352 e. The Labute approximate surface area is 173 Å². The fourth-order valence-corrected chi connectivity index (χ4v) is 2.80. The van der Waals surface area contributed by atoms with Gasteiger partial charge in [0.25, 0.3) is 5.91 Å². The van der Waals surface area contributed by atoms with E-state index in [0.717, 1.165) is 5.56 Å². The lowest BCUT2D eigenvalue weighted by Crippen LogP contribution is -2.27. The maximum absolute atomic E-state index is 12.3. The molecule has 6 heteroatoms. The van der Waals surface area contributed by atoms with E-state index in [2.05, 4.69) is 5.32 Å². The third kappa shape index (κ3) is 5.96. The molecule has 0 radical (unpaired) electrons. The van der Waals surface area contributed by atoms with E-state index in [4.69, 9.17) is 16.3 Å². The molecule has 0 spiro atoms. The van der Waals surface area contributed by atoms with E-state index >= 15 is 0 Å². The third-order valence-electron chi connectivity index (χ3n) is 3.98. The molecule has 0 saturated heterocycles. The van der Waals surface area contributed by atoms with Crippen LogP contribution in [0.1, 0.15) is 21.5 Å². The number of halogens is 1. The van der Waals surface area contributed by atoms with Crippen molar-refractivity contribution >= 4 is 29.6 Å². The van der Waals surface area contributed by atoms with Gasteiger partial charge in [-0.15, -0.1) is 0 Å². The number of aliphatic carboxylic acids is 1. The van der Waals surface area contributed by atoms with E-state index in [-0.39, 0.29) is 5.70 Å². The van der Waals surface area contributed by atoms with Crippen LogP contribution in [0.2, 0.25) is 5.02 Å². The van der Waals surface area contributed by atoms with Crippen molar-refractivity contribution in [1.82, 2.24) is 5.32 Å². The standard InChI is InChI=1S/C23H18ClNO4/c24-19-10-4-7-17(12-19)15-29-20-11-5-6-16(13-20)14-21(23(27)28)25-22(26)18-8-2-1-3-9-18/h1-14H,15H2,(H,25,26)(H,27,28)/b21-14+. The summed E-state index contributed by atoms with van der Waals surface area (Å²) in [5.74, 6) is -1.16. The molecule has 0 saturated carbocycles. The molecule has 2 N–H and O–H groups in total. The van der Waals surface area contributed by atoms with Gasteiger partial charge in [0.2, 0.25) is 0 Å². The number of benzene rings is 3. The zero-order valence-electron chi connectivity index (χ0n) is 15.3. The first kappa shape index (κ1) is 20.2. The van der Waals surface area contributed by atoms with Gasteiger partial charge in [-0.05, 0) is 53.6 Å². The number of hydrogen-bond donors (Lipinski definition) is 2. The first-order valence-corrected chi connectivity index (χ1v) is 9.18. The van der Waals surface area contributed by atoms with Crippen LogP contribution in [-0.4, -0.2) is 17.0 Å². The number of hydrogen-bond acceptors (Lipinski definition) is 3. The lowest BCUT2D eigenvalue weighted by atomic mass is 10.1. The predicted octanol–water partition coefficient (Wildman–Crippen LogP) is 4.77. The van der Waals surface area contributed by atoms with Gasteiger partial charge in [-0.1, -0.05) is 54.1 Å². The number of rotatable bonds is 7. The van der Waals surface area contributed by atoms with Crippen molar-refractivity contribution in [2.45, 2.75) is 6.61 Å². The molecule has 1 amide bonds. The number of carboxylic acid groups (broad SMARTS) is 1. The van der Waals surface area contributed by atoms with E-state index in [0.29, 0.717) is 28.5 Å². The van der Waals surface area contributed by atoms with Gasteiger partial charge in [0.05, 0.1) is 0 Å². The third-order valence-corrected chi connectivity index (χ3v) is 4.21. The minimum Gasteiger partial charge on any atom is -0.489 e. The van der Waals surface area contributed by atoms with E-state index < -0.39 is 11.9 Å². The van der Waals surface area contributed by atoms with Gasteiger partial charge < -0.3 is 15.2 Å². The van der Waals surface area contributed by atoms with Crippen molar-refractivity contribution in [1.29, 1.82) is 0 Å². The Morgan fingerprint density at radius 3 is 2.45 bits per heavy atom. The molecular formula is C23H18ClNO4. The van der Waals surface area contributed by atoms with Gasteiger partial charge in [-0.25, -0.2) is 4.79 Å². The zero-order valence-corrected chi connectivity index (χ0v) is 16.1. The Hall–Kier alpha value is -3.57. The first-order chi connectivity index (χ1) is 14.0. The van der Waals surface area contributed by atoms with Crippen LogP contribution >= 0.6 is 11.6 Å². The molecule has 0 bridgehead atoms. The van der Waals surface area contributed by atoms with Crippen molar-refractivity contribution in [2.24, 2.45) is 0 Å². The van der Waals surface area contributed by atoms with Crippen LogP contribution in [0.15, 0.2) is 84.6 Å². The first-order valence-electron chi connectivity index (χ1n) is 8.80. The highest BCUT2D eigenvalue weighted by molar-refractivity contribution is 6.30. The molecule has 0 aliphatic rings. The van der Waals surface area contributed by atoms with Crippen LogP contribution in [0.3, 0.4) is 0 Å². The van der Waals surface area contributed by atoms with Gasteiger partial charge in [0.1, 0.15) is 18.1 Å². The highest BCUT2D eigenvalue weighted by atomic mass is 35.5. The monoisotopic (exact) mass is 407 g/mol. The molecule has 0 aliphatic heterocycles. The lowest BCUT2D eigenvalue weighted by molar-refractivity contribution is -0.132. The molecule has 0 aliphatic carbocycles. The molecule has 3 aromatic rings. The summed E-state index contributed by atoms with van der Waals surface area (Å²) in [5, 5.41) is 12.5. The summed E-state index contributed by atoms with van der Waals surface area (Å²) in [6, 6.07) is 22.7. The fourth-order valence-electron chi connectivity index (χ4n) is 2.59. The average Bonchev–Trinajstić information content (AvgIpc) is 2.72. The molecule has 0 atom stereocenters. The summed E-state index contributed by atoms with van der Waals surface area (Å²) < 4.78 is 5.76. The van der Waals surface area contributed by atoms with Crippen LogP contribution < -0.4 is 10.1 Å². The fraction of sp³-hybridized carbons (Fsp3) is 0.0435. The van der Waals surface area contributed by atoms with Gasteiger partial charge in [-0.2, -0.15) is 0 Å². The van der Waals surface area contributed by atoms with E-state index in [1.165, 1.54) is 6.08 Å². The SMILES string of the molecule is O=C(O)/C(=C\c1cccc(OCc2cccc(Cl)c2)c1)NC(=O)c1ccccc1. The van der Waals surface area contributed by atoms with E-state index in [9.17, 15) is 14.7 Å². The second kappa shape index (κ2) is 9.57. The van der Waals surface area contributed by atoms with Crippen molar-refractivity contribution < 1.29 is 19.4 Å². The Bertz CT molecular complexity index is 1050. The highest BCUT2D eigenvalue weighted by Gasteiger charge is 2.13. The molecule has 146 valence electrons. The summed E-state index contributed by atoms with van der Waals surface area (Å²) >= 11 is 5.97. The van der Waals surface area contributed by atoms with Crippen LogP contribution in [0.25, 0.3) is 6.08 Å². The molecular weight excluding hydrogens is 390 g/mol. The molecule has 0 fully saturated rings. The topological polar surface area (TPSA) is 75.6 Å². The quantitative estimate of drug-likeness (QED) is 0.553. The van der Waals surface area contributed by atoms with Crippen molar-refractivity contribution in [3.05, 3.63) is 106 Å². The molecule has 0 aromatic heterocycles. The normalized spacial score (nSPS) is 11.0. The summed E-state index contributed by atoms with van der Waals surface area (Å²) in [5.41, 5.74) is 1.64. The molecule has 29 heavy (non-hydrogen) atoms. The number of amides is 1. The summed E-state index contributed by atoms with van der Waals surface area (Å²) in [7, 11) is 0. The van der Waals surface area contributed by atoms with Crippen LogP contribution in [0.5, 0.6) is 5.75 Å². The van der Waals surface area contributed by atoms with E-state index in [1.807, 2.05) is 18.2 Å². The maximum Gasteiger partial charge on any atom is 0.352 e. The van der Waals surface area contributed by atoms with E-state index in [1.54, 1.807) is 60.7 Å². The van der Waals surface area contributed by atoms with Gasteiger partial charge >= 0.3 is 5.97 Å². The molecule has 5 nitrogen and oxygen atoms in total. The second-order valence-electron chi connectivity index (χ2n) is 6.17. The number of carboxylic acids is 1. The number of ether oxygens (including phenoxy) is 1. The largest absolute Gasteiger partial charge is 0.489 e. The Balaban J connectivity index is 1.73. The number of carbonyl (C=O) groups is 2. The summed E-state index contributed by atoms with van der Waals surface area (Å²) in [4.78, 5) is 23.8. The Kier molecular flexibility index (Phi) is 6.66. The Morgan fingerprint density at radius 2 is 1.72 bits per heavy atom. The molecule has 3 aromatic carbocycles. The van der Waals surface area contributed by atoms with Gasteiger partial charge in [0.15, 0.2) is 0 Å². The van der Waals surface area contributed by atoms with Crippen LogP contribution in [0.4, 0.5) is 0 Å². The highest BCUT2D eigenvalue weighted by Crippen LogP contribution is 2.18. The second-order valence-corrected chi connectivity index (χ2v) is 6.61. The Morgan fingerprint density at radius 1 is 0.966 bits per heavy atom. The molecule has 0 unspecified atom stereocenters. The van der Waals surface area contributed by atoms with Crippen molar-refractivity contribution in [3.63, 3.8) is 0 Å². The van der Waals surface area contributed by atoms with Crippen LogP contribution in [-0.2, 0) is 11.4 Å². The van der Waals surface area contributed by atoms with Crippen molar-refractivity contribution in [2.75, 3.05) is 0 Å². The average molecular weight is 408 g/mol. The lowest BCUT2D eigenvalue weighted by Gasteiger charge is -2.09. The predicted molar refractivity (Wildman–Crippen MR) is 112 cm³/mol. The number of carbonyl (C=O) groups excluding carboxylic acids is 1. The molecule has 0 heterocycles. The minimum absolute atomic E-state index is 0.231. The van der Waals surface area contributed by atoms with Crippen LogP contribution in [0, 0.1) is 0 Å².